The third-order valence-electron chi connectivity index (χ3n) is 10.5. The molecule has 0 aromatic carbocycles. The molecule has 1 saturated heterocycles. The Labute approximate surface area is 388 Å². The van der Waals surface area contributed by atoms with Crippen LogP contribution in [0, 0.1) is 5.41 Å². The number of aromatic nitrogens is 4. The summed E-state index contributed by atoms with van der Waals surface area (Å²) in [5.41, 5.74) is 4.29. The minimum absolute atomic E-state index is 0.0339. The Balaban J connectivity index is 1.31. The number of aliphatic hydroxyl groups is 2. The lowest BCUT2D eigenvalue weighted by atomic mass is 9.87. The Morgan fingerprint density at radius 3 is 2.06 bits per heavy atom. The van der Waals surface area contributed by atoms with Gasteiger partial charge in [-0.1, -0.05) is 116 Å². The number of hydrogen-bond donors (Lipinski definition) is 9. The number of thioether (sulfide) groups is 1. The Hall–Kier alpha value is -2.44. The van der Waals surface area contributed by atoms with Gasteiger partial charge in [-0.2, -0.15) is 4.31 Å². The summed E-state index contributed by atoms with van der Waals surface area (Å²) in [5.74, 6) is -1.02. The van der Waals surface area contributed by atoms with Gasteiger partial charge in [0.25, 0.3) is 0 Å². The third kappa shape index (κ3) is 21.1. The van der Waals surface area contributed by atoms with E-state index in [-0.39, 0.29) is 41.6 Å². The topological polar surface area (TPSA) is 364 Å². The molecule has 0 bridgehead atoms. The maximum Gasteiger partial charge on any atom is 0.481 e. The minimum atomic E-state index is -5.57. The van der Waals surface area contributed by atoms with Crippen molar-refractivity contribution >= 4 is 69.1 Å². The van der Waals surface area contributed by atoms with Gasteiger partial charge < -0.3 is 50.9 Å². The van der Waals surface area contributed by atoms with Crippen molar-refractivity contribution in [2.24, 2.45) is 5.41 Å². The summed E-state index contributed by atoms with van der Waals surface area (Å²) >= 11 is 1.16. The van der Waals surface area contributed by atoms with E-state index >= 15 is 0 Å². The normalized spacial score (nSPS) is 20.2. The number of anilines is 1. The highest BCUT2D eigenvalue weighted by Gasteiger charge is 2.50. The van der Waals surface area contributed by atoms with Crippen LogP contribution in [0.5, 0.6) is 0 Å². The quantitative estimate of drug-likeness (QED) is 0.0343. The second kappa shape index (κ2) is 28.3. The zero-order chi connectivity index (χ0) is 49.0. The fourth-order valence-corrected chi connectivity index (χ4v) is 10.4. The lowest BCUT2D eigenvalue weighted by Crippen LogP contribution is -2.46. The standard InChI is InChI=1S/C38H68N7O17P3S/c1-4-5-6-7-8-9-10-11-12-13-14-15-16-17-18-29(47)66-22-21-40-28(46)19-20-41-36(50)33(49)38(2,3)24-59-65(56,57)62-64(54,55)58-23-27-32(61-63(51,52)53)31(48)37(60-27)45-26-44-30-34(39)42-25-43-35(30)45/h25-27,31-33,37,48-49H,4-24H2,1-3H3,(H,40,46)(H,41,50)(H,54,55)(H,56,57)(H2,39,42,43)(H2,51,52,53)/t27-,31-,32-,33+,37-/m1/s1. The lowest BCUT2D eigenvalue weighted by Gasteiger charge is -2.30. The van der Waals surface area contributed by atoms with Gasteiger partial charge in [0.05, 0.1) is 19.5 Å². The fourth-order valence-electron chi connectivity index (χ4n) is 6.83. The zero-order valence-corrected chi connectivity index (χ0v) is 41.2. The molecule has 378 valence electrons. The molecule has 2 unspecified atom stereocenters. The second-order valence-electron chi connectivity index (χ2n) is 16.6. The number of nitrogens with zero attached hydrogens (tertiary/aromatic N) is 4. The maximum absolute atomic E-state index is 12.7. The summed E-state index contributed by atoms with van der Waals surface area (Å²) in [6.07, 6.45) is 10.9. The van der Waals surface area contributed by atoms with E-state index in [1.807, 2.05) is 0 Å². The predicted molar refractivity (Wildman–Crippen MR) is 242 cm³/mol. The van der Waals surface area contributed by atoms with Gasteiger partial charge in [0.1, 0.15) is 36.3 Å². The van der Waals surface area contributed by atoms with E-state index in [9.17, 15) is 57.9 Å². The minimum Gasteiger partial charge on any atom is -0.386 e. The summed E-state index contributed by atoms with van der Waals surface area (Å²) in [6.45, 7) is 2.82. The van der Waals surface area contributed by atoms with Crippen LogP contribution >= 0.6 is 35.2 Å². The number of ether oxygens (including phenoxy) is 1. The number of phosphoric ester groups is 3. The van der Waals surface area contributed by atoms with Crippen molar-refractivity contribution < 1.29 is 80.5 Å². The van der Waals surface area contributed by atoms with Crippen LogP contribution in [-0.4, -0.2) is 123 Å². The number of rotatable bonds is 34. The molecule has 3 rings (SSSR count). The highest BCUT2D eigenvalue weighted by atomic mass is 32.2. The van der Waals surface area contributed by atoms with Gasteiger partial charge >= 0.3 is 23.5 Å². The van der Waals surface area contributed by atoms with Crippen LogP contribution in [-0.2, 0) is 50.7 Å². The second-order valence-corrected chi connectivity index (χ2v) is 22.0. The first-order chi connectivity index (χ1) is 31.1. The third-order valence-corrected chi connectivity index (χ3v) is 14.5. The van der Waals surface area contributed by atoms with Gasteiger partial charge in [-0.15, -0.1) is 0 Å². The van der Waals surface area contributed by atoms with Crippen molar-refractivity contribution in [1.82, 2.24) is 30.2 Å². The maximum atomic E-state index is 12.7. The van der Waals surface area contributed by atoms with E-state index < -0.39 is 84.6 Å². The van der Waals surface area contributed by atoms with Crippen LogP contribution in [0.1, 0.15) is 130 Å². The first kappa shape index (κ1) is 57.9. The van der Waals surface area contributed by atoms with Gasteiger partial charge in [-0.05, 0) is 6.42 Å². The molecule has 2 amide bonds. The van der Waals surface area contributed by atoms with Crippen LogP contribution in [0.25, 0.3) is 11.2 Å². The summed E-state index contributed by atoms with van der Waals surface area (Å²) in [6, 6.07) is 0. The number of nitrogens with one attached hydrogen (secondary N) is 2. The fraction of sp³-hybridized carbons (Fsp3) is 0.789. The first-order valence-electron chi connectivity index (χ1n) is 22.1. The summed E-state index contributed by atoms with van der Waals surface area (Å²) < 4.78 is 62.4. The van der Waals surface area contributed by atoms with Crippen LogP contribution in [0.15, 0.2) is 12.7 Å². The molecule has 0 saturated carbocycles. The van der Waals surface area contributed by atoms with E-state index in [4.69, 9.17) is 19.5 Å². The largest absolute Gasteiger partial charge is 0.481 e. The highest BCUT2D eigenvalue weighted by Crippen LogP contribution is 2.61. The van der Waals surface area contributed by atoms with Crippen LogP contribution in [0.2, 0.25) is 0 Å². The molecule has 24 nitrogen and oxygen atoms in total. The molecule has 2 aromatic rings. The number of fused-ring (bicyclic) bond motifs is 1. The molecular weight excluding hydrogens is 951 g/mol. The number of imidazole rings is 1. The van der Waals surface area contributed by atoms with Gasteiger partial charge in [0.15, 0.2) is 22.8 Å². The number of carbonyl (C=O) groups is 3. The summed E-state index contributed by atoms with van der Waals surface area (Å²) in [4.78, 5) is 88.3. The van der Waals surface area contributed by atoms with Crippen molar-refractivity contribution in [3.8, 4) is 0 Å². The Kier molecular flexibility index (Phi) is 24.8. The van der Waals surface area contributed by atoms with E-state index in [0.29, 0.717) is 12.2 Å². The Morgan fingerprint density at radius 2 is 1.45 bits per heavy atom. The first-order valence-corrected chi connectivity index (χ1v) is 27.6. The molecule has 0 radical (unpaired) electrons. The van der Waals surface area contributed by atoms with E-state index in [2.05, 4.69) is 41.3 Å². The zero-order valence-electron chi connectivity index (χ0n) is 37.7. The van der Waals surface area contributed by atoms with Crippen molar-refractivity contribution in [3.05, 3.63) is 12.7 Å². The number of carbonyl (C=O) groups excluding carboxylic acids is 3. The average Bonchev–Trinajstić information content (AvgIpc) is 3.80. The van der Waals surface area contributed by atoms with E-state index in [0.717, 1.165) is 48.2 Å². The molecule has 10 N–H and O–H groups in total. The summed E-state index contributed by atoms with van der Waals surface area (Å²) in [5, 5.41) is 26.7. The molecule has 1 fully saturated rings. The molecule has 0 spiro atoms. The highest BCUT2D eigenvalue weighted by molar-refractivity contribution is 8.13. The molecule has 66 heavy (non-hydrogen) atoms. The van der Waals surface area contributed by atoms with Gasteiger partial charge in [-0.25, -0.2) is 28.6 Å². The van der Waals surface area contributed by atoms with Gasteiger partial charge in [0, 0.05) is 37.1 Å². The molecule has 1 aliphatic heterocycles. The number of nitrogen functional groups attached to an aromatic ring is 1. The predicted octanol–water partition coefficient (Wildman–Crippen LogP) is 4.54. The Bertz CT molecular complexity index is 1980. The molecular formula is C38H68N7O17P3S. The number of hydrogen-bond acceptors (Lipinski definition) is 18. The van der Waals surface area contributed by atoms with Crippen LogP contribution in [0.3, 0.4) is 0 Å². The SMILES string of the molecule is CCCCCCCCCCCCCCCCC(=O)SCCNC(=O)CCNC(=O)[C@H](O)C(C)(C)COP(=O)(O)OP(=O)(O)OC[C@H]1O[C@@H](n2cnc3c(N)ncnc32)[C@H](O)[C@@H]1OP(=O)(O)O. The molecule has 28 heteroatoms. The van der Waals surface area contributed by atoms with E-state index in [1.165, 1.54) is 84.5 Å². The summed E-state index contributed by atoms with van der Waals surface area (Å²) in [7, 11) is -16.4. The van der Waals surface area contributed by atoms with Crippen molar-refractivity contribution in [2.75, 3.05) is 37.8 Å². The van der Waals surface area contributed by atoms with Crippen molar-refractivity contribution in [2.45, 2.75) is 154 Å². The van der Waals surface area contributed by atoms with E-state index in [1.54, 1.807) is 0 Å². The molecule has 7 atom stereocenters. The van der Waals surface area contributed by atoms with Gasteiger partial charge in [0.2, 0.25) is 11.8 Å². The number of amides is 2. The van der Waals surface area contributed by atoms with Gasteiger partial charge in [-0.3, -0.25) is 32.5 Å². The molecule has 2 aromatic heterocycles. The number of aliphatic hydroxyl groups excluding tert-OH is 2. The number of phosphoric acid groups is 3. The smallest absolute Gasteiger partial charge is 0.386 e. The molecule has 1 aliphatic rings. The van der Waals surface area contributed by atoms with Crippen LogP contribution in [0.4, 0.5) is 5.82 Å². The lowest BCUT2D eigenvalue weighted by molar-refractivity contribution is -0.137. The monoisotopic (exact) mass is 1020 g/mol. The van der Waals surface area contributed by atoms with Crippen LogP contribution < -0.4 is 16.4 Å². The molecule has 0 aliphatic carbocycles. The number of nitrogens with two attached hydrogens (primary N) is 1. The van der Waals surface area contributed by atoms with Crippen molar-refractivity contribution in [1.29, 1.82) is 0 Å². The average molecular weight is 1020 g/mol. The molecule has 3 heterocycles. The number of unbranched alkanes of at least 4 members (excludes halogenated alkanes) is 13. The van der Waals surface area contributed by atoms with Crippen molar-refractivity contribution in [3.63, 3.8) is 0 Å². The Morgan fingerprint density at radius 1 is 0.864 bits per heavy atom.